The molecule has 2 aliphatic rings. The minimum atomic E-state index is 0.295. The number of aliphatic hydroxyl groups excluding tert-OH is 1. The molecule has 0 spiro atoms. The topological polar surface area (TPSA) is 35.5 Å². The second-order valence-corrected chi connectivity index (χ2v) is 4.85. The summed E-state index contributed by atoms with van der Waals surface area (Å²) in [4.78, 5) is 2.36. The van der Waals surface area contributed by atoms with Crippen molar-refractivity contribution < 1.29 is 5.11 Å². The van der Waals surface area contributed by atoms with Gasteiger partial charge in [0.25, 0.3) is 0 Å². The average Bonchev–Trinajstić information content (AvgIpc) is 2.96. The second kappa shape index (κ2) is 5.10. The lowest BCUT2D eigenvalue weighted by atomic mass is 10.2. The summed E-state index contributed by atoms with van der Waals surface area (Å²) in [5, 5.41) is 12.7. The second-order valence-electron chi connectivity index (χ2n) is 4.85. The quantitative estimate of drug-likeness (QED) is 0.635. The van der Waals surface area contributed by atoms with Crippen molar-refractivity contribution in [1.82, 2.24) is 10.2 Å². The van der Waals surface area contributed by atoms with Gasteiger partial charge in [-0.1, -0.05) is 6.58 Å². The predicted octanol–water partition coefficient (Wildman–Crippen LogP) is 0.751. The summed E-state index contributed by atoms with van der Waals surface area (Å²) in [6.45, 7) is 7.41. The van der Waals surface area contributed by atoms with E-state index in [0.29, 0.717) is 12.6 Å². The monoisotopic (exact) mass is 210 g/mol. The minimum Gasteiger partial charge on any atom is -0.395 e. The van der Waals surface area contributed by atoms with Gasteiger partial charge in [0.05, 0.1) is 6.61 Å². The number of hydrogen-bond acceptors (Lipinski definition) is 3. The molecule has 1 unspecified atom stereocenters. The fourth-order valence-corrected chi connectivity index (χ4v) is 2.23. The molecule has 0 aromatic heterocycles. The molecule has 3 nitrogen and oxygen atoms in total. The van der Waals surface area contributed by atoms with Gasteiger partial charge in [-0.15, -0.1) is 0 Å². The maximum Gasteiger partial charge on any atom is 0.0587 e. The number of likely N-dealkylation sites (tertiary alicyclic amines) is 1. The number of nitrogens with one attached hydrogen (secondary N) is 1. The zero-order chi connectivity index (χ0) is 10.7. The van der Waals surface area contributed by atoms with Crippen LogP contribution in [0.25, 0.3) is 0 Å². The van der Waals surface area contributed by atoms with Crippen LogP contribution in [0.1, 0.15) is 25.7 Å². The van der Waals surface area contributed by atoms with Crippen LogP contribution in [-0.2, 0) is 0 Å². The fraction of sp³-hybridized carbons (Fsp3) is 0.833. The zero-order valence-corrected chi connectivity index (χ0v) is 9.41. The predicted molar refractivity (Wildman–Crippen MR) is 61.8 cm³/mol. The first-order valence-corrected chi connectivity index (χ1v) is 6.04. The molecule has 0 amide bonds. The van der Waals surface area contributed by atoms with Crippen LogP contribution in [0.5, 0.6) is 0 Å². The van der Waals surface area contributed by atoms with Gasteiger partial charge in [-0.25, -0.2) is 0 Å². The van der Waals surface area contributed by atoms with E-state index in [1.165, 1.54) is 24.8 Å². The van der Waals surface area contributed by atoms with Gasteiger partial charge in [-0.2, -0.15) is 0 Å². The van der Waals surface area contributed by atoms with Gasteiger partial charge in [0.2, 0.25) is 0 Å². The Morgan fingerprint density at radius 1 is 1.40 bits per heavy atom. The average molecular weight is 210 g/mol. The van der Waals surface area contributed by atoms with E-state index in [9.17, 15) is 5.11 Å². The van der Waals surface area contributed by atoms with Gasteiger partial charge in [0.15, 0.2) is 0 Å². The van der Waals surface area contributed by atoms with Crippen molar-refractivity contribution in [3.63, 3.8) is 0 Å². The number of nitrogens with zero attached hydrogens (tertiary/aromatic N) is 1. The summed E-state index contributed by atoms with van der Waals surface area (Å²) in [6, 6.07) is 1.14. The van der Waals surface area contributed by atoms with Gasteiger partial charge >= 0.3 is 0 Å². The first kappa shape index (κ1) is 11.1. The third kappa shape index (κ3) is 3.30. The molecule has 0 radical (unpaired) electrons. The van der Waals surface area contributed by atoms with E-state index in [1.54, 1.807) is 0 Å². The molecule has 15 heavy (non-hydrogen) atoms. The smallest absolute Gasteiger partial charge is 0.0587 e. The van der Waals surface area contributed by atoms with Gasteiger partial charge < -0.3 is 10.4 Å². The van der Waals surface area contributed by atoms with E-state index >= 15 is 0 Å². The largest absolute Gasteiger partial charge is 0.395 e. The maximum atomic E-state index is 9.19. The van der Waals surface area contributed by atoms with Gasteiger partial charge in [0.1, 0.15) is 0 Å². The SMILES string of the molecule is C=C(CNC1CC1)CN1CCCC1CO. The molecule has 2 fully saturated rings. The minimum absolute atomic E-state index is 0.295. The first-order valence-electron chi connectivity index (χ1n) is 6.04. The van der Waals surface area contributed by atoms with E-state index in [1.807, 2.05) is 0 Å². The Kier molecular flexibility index (Phi) is 3.78. The summed E-state index contributed by atoms with van der Waals surface area (Å²) in [5.74, 6) is 0. The Morgan fingerprint density at radius 3 is 2.87 bits per heavy atom. The van der Waals surface area contributed by atoms with E-state index in [-0.39, 0.29) is 0 Å². The Bertz CT molecular complexity index is 226. The highest BCUT2D eigenvalue weighted by Crippen LogP contribution is 2.20. The molecule has 1 saturated carbocycles. The fourth-order valence-electron chi connectivity index (χ4n) is 2.23. The number of hydrogen-bond donors (Lipinski definition) is 2. The summed E-state index contributed by atoms with van der Waals surface area (Å²) in [5.41, 5.74) is 1.25. The lowest BCUT2D eigenvalue weighted by Gasteiger charge is -2.23. The molecule has 1 atom stereocenters. The van der Waals surface area contributed by atoms with Crippen molar-refractivity contribution in [1.29, 1.82) is 0 Å². The lowest BCUT2D eigenvalue weighted by Crippen LogP contribution is -2.35. The molecular weight excluding hydrogens is 188 g/mol. The molecule has 1 saturated heterocycles. The first-order chi connectivity index (χ1) is 7.29. The molecule has 86 valence electrons. The van der Waals surface area contributed by atoms with Crippen LogP contribution in [0.3, 0.4) is 0 Å². The van der Waals surface area contributed by atoms with Crippen LogP contribution < -0.4 is 5.32 Å². The molecule has 1 aliphatic carbocycles. The molecule has 2 N–H and O–H groups in total. The maximum absolute atomic E-state index is 9.19. The normalized spacial score (nSPS) is 27.1. The molecule has 1 aliphatic heterocycles. The summed E-state index contributed by atoms with van der Waals surface area (Å²) in [6.07, 6.45) is 5.01. The Morgan fingerprint density at radius 2 is 2.20 bits per heavy atom. The standard InChI is InChI=1S/C12H22N2O/c1-10(7-13-11-4-5-11)8-14-6-2-3-12(14)9-15/h11-13,15H,1-9H2. The van der Waals surface area contributed by atoms with Crippen LogP contribution in [0, 0.1) is 0 Å². The summed E-state index contributed by atoms with van der Waals surface area (Å²) < 4.78 is 0. The molecule has 1 heterocycles. The highest BCUT2D eigenvalue weighted by atomic mass is 16.3. The van der Waals surface area contributed by atoms with Crippen molar-refractivity contribution in [2.75, 3.05) is 26.2 Å². The summed E-state index contributed by atoms with van der Waals surface area (Å²) >= 11 is 0. The Hall–Kier alpha value is -0.380. The van der Waals surface area contributed by atoms with Gasteiger partial charge in [-0.05, 0) is 37.8 Å². The van der Waals surface area contributed by atoms with Crippen molar-refractivity contribution in [3.8, 4) is 0 Å². The number of rotatable bonds is 6. The van der Waals surface area contributed by atoms with E-state index < -0.39 is 0 Å². The highest BCUT2D eigenvalue weighted by molar-refractivity contribution is 5.03. The third-order valence-corrected chi connectivity index (χ3v) is 3.35. The molecule has 2 rings (SSSR count). The summed E-state index contributed by atoms with van der Waals surface area (Å²) in [7, 11) is 0. The Balaban J connectivity index is 1.67. The molecule has 0 aromatic carbocycles. The third-order valence-electron chi connectivity index (χ3n) is 3.35. The van der Waals surface area contributed by atoms with Gasteiger partial charge in [0, 0.05) is 25.2 Å². The van der Waals surface area contributed by atoms with Crippen LogP contribution >= 0.6 is 0 Å². The molecular formula is C12H22N2O. The van der Waals surface area contributed by atoms with Crippen LogP contribution in [0.2, 0.25) is 0 Å². The van der Waals surface area contributed by atoms with E-state index in [0.717, 1.165) is 32.1 Å². The molecule has 0 aromatic rings. The van der Waals surface area contributed by atoms with Gasteiger partial charge in [-0.3, -0.25) is 4.90 Å². The number of aliphatic hydroxyl groups is 1. The van der Waals surface area contributed by atoms with E-state index in [4.69, 9.17) is 0 Å². The van der Waals surface area contributed by atoms with E-state index in [2.05, 4.69) is 16.8 Å². The zero-order valence-electron chi connectivity index (χ0n) is 9.41. The highest BCUT2D eigenvalue weighted by Gasteiger charge is 2.24. The van der Waals surface area contributed by atoms with Crippen molar-refractivity contribution in [3.05, 3.63) is 12.2 Å². The molecule has 3 heteroatoms. The van der Waals surface area contributed by atoms with Crippen LogP contribution in [0.4, 0.5) is 0 Å². The van der Waals surface area contributed by atoms with Crippen molar-refractivity contribution in [2.45, 2.75) is 37.8 Å². The van der Waals surface area contributed by atoms with Crippen LogP contribution in [0.15, 0.2) is 12.2 Å². The Labute approximate surface area is 92.2 Å². The lowest BCUT2D eigenvalue weighted by molar-refractivity contribution is 0.167. The molecule has 0 bridgehead atoms. The van der Waals surface area contributed by atoms with Crippen LogP contribution in [-0.4, -0.2) is 48.3 Å². The van der Waals surface area contributed by atoms with Crippen molar-refractivity contribution in [2.24, 2.45) is 0 Å². The van der Waals surface area contributed by atoms with Crippen molar-refractivity contribution >= 4 is 0 Å².